The van der Waals surface area contributed by atoms with E-state index in [0.29, 0.717) is 17.5 Å². The summed E-state index contributed by atoms with van der Waals surface area (Å²) < 4.78 is 4.76. The molecule has 0 atom stereocenters. The number of benzene rings is 8. The minimum atomic E-state index is 0.597. The molecule has 4 heterocycles. The minimum Gasteiger partial charge on any atom is -0.309 e. The second-order valence-corrected chi connectivity index (χ2v) is 15.5. The molecular weight excluding hydrogens is 757 g/mol. The molecule has 0 aliphatic carbocycles. The SMILES string of the molecule is c1ccc(-c2nc(-c3ccccc3)nc(-c3ccnc(-c4ccc5c(c4)c4ccccc4n5-c4cccc(-c5cccc6c5c5ccccc5n6-c5ccccc5)c4)c3)n2)cc1. The van der Waals surface area contributed by atoms with Crippen molar-refractivity contribution in [2.45, 2.75) is 0 Å². The zero-order valence-electron chi connectivity index (χ0n) is 33.5. The first-order valence-corrected chi connectivity index (χ1v) is 20.8. The predicted octanol–water partition coefficient (Wildman–Crippen LogP) is 13.8. The Hall–Kier alpha value is -8.48. The van der Waals surface area contributed by atoms with Gasteiger partial charge in [-0.05, 0) is 77.9 Å². The van der Waals surface area contributed by atoms with Crippen LogP contribution in [0.25, 0.3) is 112 Å². The van der Waals surface area contributed by atoms with Crippen molar-refractivity contribution >= 4 is 43.6 Å². The fraction of sp³-hybridized carbons (Fsp3) is 0. The van der Waals surface area contributed by atoms with E-state index in [0.717, 1.165) is 61.3 Å². The summed E-state index contributed by atoms with van der Waals surface area (Å²) in [4.78, 5) is 19.7. The molecule has 6 heteroatoms. The number of aromatic nitrogens is 6. The molecule has 0 unspecified atom stereocenters. The van der Waals surface area contributed by atoms with Gasteiger partial charge >= 0.3 is 0 Å². The molecule has 0 spiro atoms. The Balaban J connectivity index is 0.972. The standard InChI is InChI=1S/C56H36N6/c1-4-16-37(17-5-1)54-58-55(38-18-6-2-7-19-38)60-56(59-54)41-32-33-57-48(36-41)40-30-31-51-47(35-40)45-24-10-12-27-49(45)62(51)43-23-14-20-39(34-43)44-26-15-29-52-53(44)46-25-11-13-28-50(46)61(52)42-21-8-3-9-22-42/h1-36H. The number of nitrogens with zero attached hydrogens (tertiary/aromatic N) is 6. The van der Waals surface area contributed by atoms with Crippen LogP contribution >= 0.6 is 0 Å². The van der Waals surface area contributed by atoms with Crippen molar-refractivity contribution in [1.82, 2.24) is 29.1 Å². The molecule has 0 aliphatic rings. The van der Waals surface area contributed by atoms with Gasteiger partial charge in [0.15, 0.2) is 17.5 Å². The molecule has 4 aromatic heterocycles. The highest BCUT2D eigenvalue weighted by Crippen LogP contribution is 2.40. The summed E-state index contributed by atoms with van der Waals surface area (Å²) in [5, 5.41) is 4.81. The number of hydrogen-bond acceptors (Lipinski definition) is 4. The van der Waals surface area contributed by atoms with Crippen LogP contribution in [0.4, 0.5) is 0 Å². The van der Waals surface area contributed by atoms with E-state index in [-0.39, 0.29) is 0 Å². The summed E-state index contributed by atoms with van der Waals surface area (Å²) >= 11 is 0. The average Bonchev–Trinajstić information content (AvgIpc) is 3.87. The zero-order chi connectivity index (χ0) is 41.0. The topological polar surface area (TPSA) is 61.4 Å². The molecule has 0 fully saturated rings. The largest absolute Gasteiger partial charge is 0.309 e. The summed E-state index contributed by atoms with van der Waals surface area (Å²) in [6.07, 6.45) is 1.84. The third-order valence-corrected chi connectivity index (χ3v) is 11.8. The summed E-state index contributed by atoms with van der Waals surface area (Å²) in [6, 6.07) is 74.5. The molecule has 0 N–H and O–H groups in total. The van der Waals surface area contributed by atoms with Gasteiger partial charge in [0.25, 0.3) is 0 Å². The van der Waals surface area contributed by atoms with Crippen LogP contribution in [-0.2, 0) is 0 Å². The Kier molecular flexibility index (Phi) is 8.38. The first-order chi connectivity index (χ1) is 30.7. The highest BCUT2D eigenvalue weighted by molar-refractivity contribution is 6.16. The molecule has 0 saturated carbocycles. The van der Waals surface area contributed by atoms with Gasteiger partial charge in [0.05, 0.1) is 27.8 Å². The number of para-hydroxylation sites is 3. The van der Waals surface area contributed by atoms with Crippen LogP contribution in [-0.4, -0.2) is 29.1 Å². The van der Waals surface area contributed by atoms with E-state index in [1.54, 1.807) is 0 Å². The summed E-state index contributed by atoms with van der Waals surface area (Å²) in [5.74, 6) is 1.85. The fourth-order valence-electron chi connectivity index (χ4n) is 9.00. The first-order valence-electron chi connectivity index (χ1n) is 20.8. The molecule has 0 saturated heterocycles. The quantitative estimate of drug-likeness (QED) is 0.161. The van der Waals surface area contributed by atoms with Crippen molar-refractivity contribution in [3.63, 3.8) is 0 Å². The van der Waals surface area contributed by atoms with E-state index in [1.165, 1.54) is 32.8 Å². The van der Waals surface area contributed by atoms with Crippen LogP contribution in [0, 0.1) is 0 Å². The molecule has 6 nitrogen and oxygen atoms in total. The second-order valence-electron chi connectivity index (χ2n) is 15.5. The molecule has 290 valence electrons. The van der Waals surface area contributed by atoms with Gasteiger partial charge in [-0.25, -0.2) is 15.0 Å². The van der Waals surface area contributed by atoms with Crippen molar-refractivity contribution in [3.8, 4) is 67.9 Å². The molecule has 12 rings (SSSR count). The number of pyridine rings is 1. The van der Waals surface area contributed by atoms with E-state index < -0.39 is 0 Å². The van der Waals surface area contributed by atoms with Gasteiger partial charge in [-0.1, -0.05) is 146 Å². The van der Waals surface area contributed by atoms with Crippen LogP contribution in [0.5, 0.6) is 0 Å². The van der Waals surface area contributed by atoms with Crippen LogP contribution in [0.2, 0.25) is 0 Å². The lowest BCUT2D eigenvalue weighted by atomic mass is 9.99. The van der Waals surface area contributed by atoms with E-state index in [1.807, 2.05) is 72.9 Å². The molecule has 0 amide bonds. The summed E-state index contributed by atoms with van der Waals surface area (Å²) in [5.41, 5.74) is 13.9. The van der Waals surface area contributed by atoms with Gasteiger partial charge in [0.1, 0.15) is 0 Å². The fourth-order valence-corrected chi connectivity index (χ4v) is 9.00. The Labute approximate surface area is 357 Å². The molecule has 62 heavy (non-hydrogen) atoms. The Morgan fingerprint density at radius 1 is 0.306 bits per heavy atom. The van der Waals surface area contributed by atoms with Gasteiger partial charge in [-0.15, -0.1) is 0 Å². The molecule has 12 aromatic rings. The maximum absolute atomic E-state index is 4.98. The van der Waals surface area contributed by atoms with Gasteiger partial charge < -0.3 is 9.13 Å². The van der Waals surface area contributed by atoms with Gasteiger partial charge in [0.2, 0.25) is 0 Å². The Morgan fingerprint density at radius 2 is 0.839 bits per heavy atom. The van der Waals surface area contributed by atoms with Crippen LogP contribution in [0.15, 0.2) is 219 Å². The normalized spacial score (nSPS) is 11.5. The lowest BCUT2D eigenvalue weighted by molar-refractivity contribution is 1.07. The highest BCUT2D eigenvalue weighted by atomic mass is 15.0. The Morgan fingerprint density at radius 3 is 1.56 bits per heavy atom. The van der Waals surface area contributed by atoms with Crippen LogP contribution < -0.4 is 0 Å². The first kappa shape index (κ1) is 35.5. The van der Waals surface area contributed by atoms with E-state index in [9.17, 15) is 0 Å². The number of fused-ring (bicyclic) bond motifs is 6. The minimum absolute atomic E-state index is 0.597. The van der Waals surface area contributed by atoms with Crippen molar-refractivity contribution in [1.29, 1.82) is 0 Å². The smallest absolute Gasteiger partial charge is 0.164 e. The van der Waals surface area contributed by atoms with Crippen molar-refractivity contribution < 1.29 is 0 Å². The predicted molar refractivity (Wildman–Crippen MR) is 253 cm³/mol. The van der Waals surface area contributed by atoms with Gasteiger partial charge in [0, 0.05) is 61.4 Å². The third kappa shape index (κ3) is 5.96. The summed E-state index contributed by atoms with van der Waals surface area (Å²) in [6.45, 7) is 0. The molecule has 8 aromatic carbocycles. The third-order valence-electron chi connectivity index (χ3n) is 11.8. The van der Waals surface area contributed by atoms with Crippen molar-refractivity contribution in [2.75, 3.05) is 0 Å². The molecule has 0 radical (unpaired) electrons. The van der Waals surface area contributed by atoms with E-state index in [4.69, 9.17) is 19.9 Å². The van der Waals surface area contributed by atoms with E-state index >= 15 is 0 Å². The van der Waals surface area contributed by atoms with Crippen molar-refractivity contribution in [2.24, 2.45) is 0 Å². The van der Waals surface area contributed by atoms with Crippen molar-refractivity contribution in [3.05, 3.63) is 219 Å². The number of rotatable bonds is 7. The average molecular weight is 793 g/mol. The summed E-state index contributed by atoms with van der Waals surface area (Å²) in [7, 11) is 0. The zero-order valence-corrected chi connectivity index (χ0v) is 33.5. The monoisotopic (exact) mass is 792 g/mol. The lowest BCUT2D eigenvalue weighted by Crippen LogP contribution is -2.00. The molecular formula is C56H36N6. The van der Waals surface area contributed by atoms with Crippen LogP contribution in [0.1, 0.15) is 0 Å². The second kappa shape index (κ2) is 14.7. The van der Waals surface area contributed by atoms with Crippen LogP contribution in [0.3, 0.4) is 0 Å². The Bertz CT molecular complexity index is 3570. The molecule has 0 bridgehead atoms. The van der Waals surface area contributed by atoms with E-state index in [2.05, 4.69) is 155 Å². The van der Waals surface area contributed by atoms with Gasteiger partial charge in [-0.2, -0.15) is 0 Å². The molecule has 0 aliphatic heterocycles. The lowest BCUT2D eigenvalue weighted by Gasteiger charge is -2.12. The van der Waals surface area contributed by atoms with Gasteiger partial charge in [-0.3, -0.25) is 4.98 Å². The maximum Gasteiger partial charge on any atom is 0.164 e. The highest BCUT2D eigenvalue weighted by Gasteiger charge is 2.19. The number of hydrogen-bond donors (Lipinski definition) is 0. The maximum atomic E-state index is 4.98.